The Labute approximate surface area is 116 Å². The molecule has 2 rings (SSSR count). The quantitative estimate of drug-likeness (QED) is 0.619. The first kappa shape index (κ1) is 13.6. The molecule has 1 unspecified atom stereocenters. The highest BCUT2D eigenvalue weighted by atomic mass is 32.2. The molecule has 0 bridgehead atoms. The first-order chi connectivity index (χ1) is 9.22. The van der Waals surface area contributed by atoms with Gasteiger partial charge in [0.05, 0.1) is 6.61 Å². The molecule has 1 atom stereocenters. The first-order valence-electron chi connectivity index (χ1n) is 5.94. The highest BCUT2D eigenvalue weighted by molar-refractivity contribution is 8.00. The second-order valence-corrected chi connectivity index (χ2v) is 4.96. The fraction of sp³-hybridized carbons (Fsp3) is 0.308. The van der Waals surface area contributed by atoms with Crippen LogP contribution in [0, 0.1) is 0 Å². The van der Waals surface area contributed by atoms with Gasteiger partial charge in [0, 0.05) is 7.05 Å². The summed E-state index contributed by atoms with van der Waals surface area (Å²) in [4.78, 5) is 12.1. The maximum atomic E-state index is 12.1. The molecule has 1 aromatic carbocycles. The second kappa shape index (κ2) is 6.38. The fourth-order valence-corrected chi connectivity index (χ4v) is 2.56. The number of carbonyl (C=O) groups excluding carboxylic acids is 1. The Hall–Kier alpha value is -1.82. The molecule has 0 amide bonds. The van der Waals surface area contributed by atoms with E-state index in [2.05, 4.69) is 10.2 Å². The van der Waals surface area contributed by atoms with E-state index in [4.69, 9.17) is 4.74 Å². The van der Waals surface area contributed by atoms with Crippen LogP contribution in [0.1, 0.15) is 17.7 Å². The van der Waals surface area contributed by atoms with Crippen molar-refractivity contribution in [2.24, 2.45) is 7.05 Å². The summed E-state index contributed by atoms with van der Waals surface area (Å²) in [6.07, 6.45) is 1.61. The summed E-state index contributed by atoms with van der Waals surface area (Å²) in [6, 6.07) is 9.53. The Morgan fingerprint density at radius 1 is 1.42 bits per heavy atom. The summed E-state index contributed by atoms with van der Waals surface area (Å²) in [5.41, 5.74) is 0.897. The predicted molar refractivity (Wildman–Crippen MR) is 72.7 cm³/mol. The molecule has 0 saturated carbocycles. The third-order valence-corrected chi connectivity index (χ3v) is 3.78. The molecule has 6 heteroatoms. The van der Waals surface area contributed by atoms with Crippen molar-refractivity contribution in [2.45, 2.75) is 17.3 Å². The number of ether oxygens (including phenoxy) is 1. The lowest BCUT2D eigenvalue weighted by molar-refractivity contribution is -0.142. The Morgan fingerprint density at radius 3 is 2.74 bits per heavy atom. The van der Waals surface area contributed by atoms with Crippen LogP contribution in [0.3, 0.4) is 0 Å². The van der Waals surface area contributed by atoms with Crippen molar-refractivity contribution in [3.05, 3.63) is 42.2 Å². The van der Waals surface area contributed by atoms with Gasteiger partial charge in [0.25, 0.3) is 0 Å². The van der Waals surface area contributed by atoms with E-state index in [1.165, 1.54) is 11.8 Å². The molecule has 0 spiro atoms. The van der Waals surface area contributed by atoms with Gasteiger partial charge in [-0.15, -0.1) is 10.2 Å². The van der Waals surface area contributed by atoms with Crippen LogP contribution in [0.15, 0.2) is 41.8 Å². The molecular weight excluding hydrogens is 262 g/mol. The van der Waals surface area contributed by atoms with Crippen LogP contribution in [-0.4, -0.2) is 27.3 Å². The fourth-order valence-electron chi connectivity index (χ4n) is 1.58. The molecule has 100 valence electrons. The zero-order valence-electron chi connectivity index (χ0n) is 10.8. The standard InChI is InChI=1S/C13H15N3O2S/c1-3-18-12(17)11(10-7-5-4-6-8-10)19-13-15-14-9-16(13)2/h4-9,11H,3H2,1-2H3. The highest BCUT2D eigenvalue weighted by Crippen LogP contribution is 2.34. The number of nitrogens with zero attached hydrogens (tertiary/aromatic N) is 3. The normalized spacial score (nSPS) is 12.1. The van der Waals surface area contributed by atoms with Gasteiger partial charge < -0.3 is 9.30 Å². The molecule has 0 saturated heterocycles. The monoisotopic (exact) mass is 277 g/mol. The van der Waals surface area contributed by atoms with Gasteiger partial charge in [-0.2, -0.15) is 0 Å². The zero-order chi connectivity index (χ0) is 13.7. The van der Waals surface area contributed by atoms with E-state index >= 15 is 0 Å². The van der Waals surface area contributed by atoms with Crippen molar-refractivity contribution < 1.29 is 9.53 Å². The number of esters is 1. The molecule has 5 nitrogen and oxygen atoms in total. The molecule has 19 heavy (non-hydrogen) atoms. The van der Waals surface area contributed by atoms with Crippen LogP contribution in [-0.2, 0) is 16.6 Å². The topological polar surface area (TPSA) is 57.0 Å². The molecule has 2 aromatic rings. The van der Waals surface area contributed by atoms with Crippen LogP contribution < -0.4 is 0 Å². The maximum absolute atomic E-state index is 12.1. The van der Waals surface area contributed by atoms with Crippen molar-refractivity contribution in [2.75, 3.05) is 6.61 Å². The van der Waals surface area contributed by atoms with E-state index in [1.54, 1.807) is 17.8 Å². The molecule has 0 aliphatic carbocycles. The maximum Gasteiger partial charge on any atom is 0.324 e. The molecule has 0 aliphatic rings. The summed E-state index contributed by atoms with van der Waals surface area (Å²) in [6.45, 7) is 2.16. The van der Waals surface area contributed by atoms with E-state index in [0.29, 0.717) is 11.8 Å². The number of benzene rings is 1. The van der Waals surface area contributed by atoms with Gasteiger partial charge >= 0.3 is 5.97 Å². The highest BCUT2D eigenvalue weighted by Gasteiger charge is 2.25. The van der Waals surface area contributed by atoms with Gasteiger partial charge in [-0.25, -0.2) is 0 Å². The number of carbonyl (C=O) groups is 1. The second-order valence-electron chi connectivity index (χ2n) is 3.89. The van der Waals surface area contributed by atoms with Crippen LogP contribution in [0.2, 0.25) is 0 Å². The van der Waals surface area contributed by atoms with E-state index in [-0.39, 0.29) is 5.97 Å². The Kier molecular flexibility index (Phi) is 4.57. The molecule has 0 aliphatic heterocycles. The van der Waals surface area contributed by atoms with E-state index in [1.807, 2.05) is 37.4 Å². The average molecular weight is 277 g/mol. The number of aryl methyl sites for hydroxylation is 1. The lowest BCUT2D eigenvalue weighted by Crippen LogP contribution is -2.14. The Bertz CT molecular complexity index is 542. The number of hydrogen-bond acceptors (Lipinski definition) is 5. The van der Waals surface area contributed by atoms with Crippen LogP contribution in [0.5, 0.6) is 0 Å². The molecular formula is C13H15N3O2S. The molecule has 1 heterocycles. The van der Waals surface area contributed by atoms with E-state index in [0.717, 1.165) is 5.56 Å². The summed E-state index contributed by atoms with van der Waals surface area (Å²) in [5.74, 6) is -0.262. The van der Waals surface area contributed by atoms with Gasteiger partial charge in [0.1, 0.15) is 11.6 Å². The Morgan fingerprint density at radius 2 is 2.16 bits per heavy atom. The summed E-state index contributed by atoms with van der Waals surface area (Å²) in [7, 11) is 1.84. The van der Waals surface area contributed by atoms with Gasteiger partial charge in [-0.1, -0.05) is 42.1 Å². The molecule has 0 N–H and O–H groups in total. The first-order valence-corrected chi connectivity index (χ1v) is 6.82. The largest absolute Gasteiger partial charge is 0.465 e. The molecule has 1 aromatic heterocycles. The lowest BCUT2D eigenvalue weighted by Gasteiger charge is -2.14. The number of rotatable bonds is 5. The minimum absolute atomic E-state index is 0.262. The van der Waals surface area contributed by atoms with Gasteiger partial charge in [-0.05, 0) is 12.5 Å². The van der Waals surface area contributed by atoms with Crippen molar-refractivity contribution in [3.63, 3.8) is 0 Å². The SMILES string of the molecule is CCOC(=O)C(Sc1nncn1C)c1ccccc1. The van der Waals surface area contributed by atoms with Crippen molar-refractivity contribution in [1.82, 2.24) is 14.8 Å². The zero-order valence-corrected chi connectivity index (χ0v) is 11.6. The predicted octanol–water partition coefficient (Wildman–Crippen LogP) is 2.21. The third-order valence-electron chi connectivity index (χ3n) is 2.50. The molecule has 0 radical (unpaired) electrons. The van der Waals surface area contributed by atoms with Gasteiger partial charge in [0.2, 0.25) is 0 Å². The minimum Gasteiger partial charge on any atom is -0.465 e. The summed E-state index contributed by atoms with van der Waals surface area (Å²) in [5, 5.41) is 8.06. The third kappa shape index (κ3) is 3.35. The van der Waals surface area contributed by atoms with E-state index in [9.17, 15) is 4.79 Å². The van der Waals surface area contributed by atoms with Crippen LogP contribution in [0.4, 0.5) is 0 Å². The minimum atomic E-state index is -0.427. The van der Waals surface area contributed by atoms with Crippen molar-refractivity contribution >= 4 is 17.7 Å². The smallest absolute Gasteiger partial charge is 0.324 e. The van der Waals surface area contributed by atoms with Crippen molar-refractivity contribution in [3.8, 4) is 0 Å². The van der Waals surface area contributed by atoms with E-state index < -0.39 is 5.25 Å². The van der Waals surface area contributed by atoms with Gasteiger partial charge in [0.15, 0.2) is 5.16 Å². The lowest BCUT2D eigenvalue weighted by atomic mass is 10.1. The summed E-state index contributed by atoms with van der Waals surface area (Å²) >= 11 is 1.34. The average Bonchev–Trinajstić information content (AvgIpc) is 2.82. The number of thioether (sulfide) groups is 1. The molecule has 0 fully saturated rings. The summed E-state index contributed by atoms with van der Waals surface area (Å²) < 4.78 is 6.91. The Balaban J connectivity index is 2.25. The van der Waals surface area contributed by atoms with Crippen molar-refractivity contribution in [1.29, 1.82) is 0 Å². The number of aromatic nitrogens is 3. The van der Waals surface area contributed by atoms with Crippen LogP contribution >= 0.6 is 11.8 Å². The van der Waals surface area contributed by atoms with Gasteiger partial charge in [-0.3, -0.25) is 4.79 Å². The van der Waals surface area contributed by atoms with Crippen LogP contribution in [0.25, 0.3) is 0 Å². The number of hydrogen-bond donors (Lipinski definition) is 0.